The van der Waals surface area contributed by atoms with Crippen LogP contribution in [0.1, 0.15) is 29.7 Å². The molecule has 1 heterocycles. The monoisotopic (exact) mass is 523 g/mol. The van der Waals surface area contributed by atoms with Gasteiger partial charge in [0.25, 0.3) is 11.7 Å². The van der Waals surface area contributed by atoms with Crippen molar-refractivity contribution in [2.45, 2.75) is 19.9 Å². The van der Waals surface area contributed by atoms with Crippen LogP contribution in [0.15, 0.2) is 60.2 Å². The van der Waals surface area contributed by atoms with Gasteiger partial charge in [-0.3, -0.25) is 14.5 Å². The number of hydrogen-bond donors (Lipinski definition) is 2. The van der Waals surface area contributed by atoms with Crippen molar-refractivity contribution in [1.82, 2.24) is 0 Å². The van der Waals surface area contributed by atoms with Crippen molar-refractivity contribution in [3.63, 3.8) is 0 Å². The van der Waals surface area contributed by atoms with Crippen molar-refractivity contribution in [2.24, 2.45) is 0 Å². The number of aliphatic hydroxyl groups is 1. The van der Waals surface area contributed by atoms with Crippen molar-refractivity contribution < 1.29 is 34.0 Å². The minimum absolute atomic E-state index is 0.0953. The number of ether oxygens (including phenoxy) is 3. The maximum atomic E-state index is 13.5. The number of rotatable bonds is 7. The zero-order chi connectivity index (χ0) is 26.9. The van der Waals surface area contributed by atoms with Gasteiger partial charge in [0.1, 0.15) is 17.3 Å². The van der Waals surface area contributed by atoms with Crippen LogP contribution in [-0.4, -0.2) is 42.7 Å². The molecule has 0 bridgehead atoms. The van der Waals surface area contributed by atoms with Gasteiger partial charge in [-0.1, -0.05) is 17.7 Å². The van der Waals surface area contributed by atoms with E-state index < -0.39 is 23.5 Å². The van der Waals surface area contributed by atoms with E-state index in [1.54, 1.807) is 62.4 Å². The first-order valence-electron chi connectivity index (χ1n) is 11.5. The molecule has 0 aromatic heterocycles. The molecule has 8 nitrogen and oxygen atoms in total. The van der Waals surface area contributed by atoms with Crippen LogP contribution in [0.4, 0.5) is 5.69 Å². The molecule has 1 atom stereocenters. The summed E-state index contributed by atoms with van der Waals surface area (Å²) in [5.41, 5.74) is 1.62. The molecule has 0 aliphatic carbocycles. The Morgan fingerprint density at radius 3 is 2.41 bits per heavy atom. The summed E-state index contributed by atoms with van der Waals surface area (Å²) in [4.78, 5) is 28.3. The summed E-state index contributed by atoms with van der Waals surface area (Å²) in [6, 6.07) is 13.2. The van der Waals surface area contributed by atoms with Gasteiger partial charge in [0.15, 0.2) is 11.5 Å². The summed E-state index contributed by atoms with van der Waals surface area (Å²) >= 11 is 6.14. The molecule has 2 N–H and O–H groups in total. The Labute approximate surface area is 219 Å². The highest BCUT2D eigenvalue weighted by molar-refractivity contribution is 6.52. The molecule has 0 spiro atoms. The zero-order valence-corrected chi connectivity index (χ0v) is 21.5. The standard InChI is InChI=1S/C28H26ClNO7/c1-5-37-23-13-16(6-11-21(23)31)25-24(26(32)19-9-8-18(35-3)14-22(19)36-4)27(33)28(34)30(25)20-10-7-17(29)12-15(20)2/h6-14,25,31-32H,5H2,1-4H3/b26-24+. The van der Waals surface area contributed by atoms with Crippen molar-refractivity contribution in [2.75, 3.05) is 25.7 Å². The van der Waals surface area contributed by atoms with Gasteiger partial charge in [-0.25, -0.2) is 0 Å². The van der Waals surface area contributed by atoms with Crippen LogP contribution in [-0.2, 0) is 9.59 Å². The summed E-state index contributed by atoms with van der Waals surface area (Å²) in [5, 5.41) is 22.2. The van der Waals surface area contributed by atoms with E-state index in [9.17, 15) is 19.8 Å². The van der Waals surface area contributed by atoms with Gasteiger partial charge in [0.2, 0.25) is 0 Å². The average Bonchev–Trinajstić information content (AvgIpc) is 3.14. The smallest absolute Gasteiger partial charge is 0.300 e. The third kappa shape index (κ3) is 4.68. The highest BCUT2D eigenvalue weighted by atomic mass is 35.5. The number of Topliss-reactive ketones (excluding diaryl/α,β-unsaturated/α-hetero) is 1. The number of phenols is 1. The summed E-state index contributed by atoms with van der Waals surface area (Å²) in [6.45, 7) is 3.83. The lowest BCUT2D eigenvalue weighted by Crippen LogP contribution is -2.30. The zero-order valence-electron chi connectivity index (χ0n) is 20.7. The first-order chi connectivity index (χ1) is 17.7. The Kier molecular flexibility index (Phi) is 7.31. The number of nitrogens with zero attached hydrogens (tertiary/aromatic N) is 1. The van der Waals surface area contributed by atoms with Crippen LogP contribution in [0.5, 0.6) is 23.0 Å². The minimum Gasteiger partial charge on any atom is -0.507 e. The fraction of sp³-hybridized carbons (Fsp3) is 0.214. The molecular weight excluding hydrogens is 498 g/mol. The van der Waals surface area contributed by atoms with E-state index >= 15 is 0 Å². The number of anilines is 1. The van der Waals surface area contributed by atoms with Crippen molar-refractivity contribution in [3.05, 3.63) is 81.9 Å². The van der Waals surface area contributed by atoms with Gasteiger partial charge in [0.05, 0.1) is 38.0 Å². The first-order valence-corrected chi connectivity index (χ1v) is 11.8. The van der Waals surface area contributed by atoms with E-state index in [0.29, 0.717) is 27.6 Å². The number of carbonyl (C=O) groups excluding carboxylic acids is 2. The number of ketones is 1. The predicted molar refractivity (Wildman–Crippen MR) is 140 cm³/mol. The molecular formula is C28H26ClNO7. The third-order valence-electron chi connectivity index (χ3n) is 6.13. The number of hydrogen-bond acceptors (Lipinski definition) is 7. The van der Waals surface area contributed by atoms with E-state index in [2.05, 4.69) is 0 Å². The molecule has 1 saturated heterocycles. The molecule has 0 saturated carbocycles. The van der Waals surface area contributed by atoms with E-state index in [4.69, 9.17) is 25.8 Å². The third-order valence-corrected chi connectivity index (χ3v) is 6.36. The van der Waals surface area contributed by atoms with Crippen LogP contribution in [0.2, 0.25) is 5.02 Å². The SMILES string of the molecule is CCOc1cc(C2/C(=C(\O)c3ccc(OC)cc3OC)C(=O)C(=O)N2c2ccc(Cl)cc2C)ccc1O. The largest absolute Gasteiger partial charge is 0.507 e. The summed E-state index contributed by atoms with van der Waals surface area (Å²) in [6.07, 6.45) is 0. The number of aliphatic hydroxyl groups excluding tert-OH is 1. The van der Waals surface area contributed by atoms with Gasteiger partial charge in [0, 0.05) is 16.8 Å². The molecule has 37 heavy (non-hydrogen) atoms. The van der Waals surface area contributed by atoms with Crippen LogP contribution < -0.4 is 19.1 Å². The van der Waals surface area contributed by atoms with Crippen LogP contribution in [0.25, 0.3) is 5.76 Å². The maximum absolute atomic E-state index is 13.5. The van der Waals surface area contributed by atoms with Gasteiger partial charge in [-0.2, -0.15) is 0 Å². The van der Waals surface area contributed by atoms with Gasteiger partial charge in [-0.05, 0) is 67.4 Å². The molecule has 4 rings (SSSR count). The fourth-order valence-electron chi connectivity index (χ4n) is 4.40. The lowest BCUT2D eigenvalue weighted by atomic mass is 9.94. The molecule has 1 fully saturated rings. The molecule has 1 aliphatic heterocycles. The Hall–Kier alpha value is -4.17. The van der Waals surface area contributed by atoms with Gasteiger partial charge < -0.3 is 24.4 Å². The second-order valence-corrected chi connectivity index (χ2v) is 8.76. The fourth-order valence-corrected chi connectivity index (χ4v) is 4.62. The summed E-state index contributed by atoms with van der Waals surface area (Å²) in [7, 11) is 2.92. The van der Waals surface area contributed by atoms with Crippen molar-refractivity contribution in [1.29, 1.82) is 0 Å². The first kappa shape index (κ1) is 25.9. The van der Waals surface area contributed by atoms with E-state index in [0.717, 1.165) is 0 Å². The van der Waals surface area contributed by atoms with Gasteiger partial charge >= 0.3 is 0 Å². The lowest BCUT2D eigenvalue weighted by Gasteiger charge is -2.27. The van der Waals surface area contributed by atoms with E-state index in [1.165, 1.54) is 25.2 Å². The second kappa shape index (κ2) is 10.4. The molecule has 9 heteroatoms. The number of aromatic hydroxyl groups is 1. The predicted octanol–water partition coefficient (Wildman–Crippen LogP) is 5.40. The molecule has 3 aromatic rings. The number of aryl methyl sites for hydroxylation is 1. The highest BCUT2D eigenvalue weighted by Crippen LogP contribution is 2.46. The van der Waals surface area contributed by atoms with E-state index in [-0.39, 0.29) is 35.0 Å². The minimum atomic E-state index is -1.04. The quantitative estimate of drug-likeness (QED) is 0.243. The number of benzene rings is 3. The summed E-state index contributed by atoms with van der Waals surface area (Å²) in [5.74, 6) is -1.28. The number of phenolic OH excluding ortho intramolecular Hbond substituents is 1. The van der Waals surface area contributed by atoms with Crippen LogP contribution in [0, 0.1) is 6.92 Å². The lowest BCUT2D eigenvalue weighted by molar-refractivity contribution is -0.132. The molecule has 192 valence electrons. The number of halogens is 1. The maximum Gasteiger partial charge on any atom is 0.300 e. The topological polar surface area (TPSA) is 106 Å². The Bertz CT molecular complexity index is 1420. The number of methoxy groups -OCH3 is 2. The summed E-state index contributed by atoms with van der Waals surface area (Å²) < 4.78 is 16.2. The van der Waals surface area contributed by atoms with Crippen molar-refractivity contribution in [3.8, 4) is 23.0 Å². The second-order valence-electron chi connectivity index (χ2n) is 8.33. The van der Waals surface area contributed by atoms with Crippen LogP contribution in [0.3, 0.4) is 0 Å². The molecule has 0 radical (unpaired) electrons. The number of carbonyl (C=O) groups is 2. The molecule has 1 aliphatic rings. The Morgan fingerprint density at radius 2 is 1.76 bits per heavy atom. The van der Waals surface area contributed by atoms with Gasteiger partial charge in [-0.15, -0.1) is 0 Å². The van der Waals surface area contributed by atoms with Crippen molar-refractivity contribution >= 4 is 34.7 Å². The van der Waals surface area contributed by atoms with E-state index in [1.807, 2.05) is 0 Å². The average molecular weight is 524 g/mol. The Balaban J connectivity index is 2.00. The molecule has 3 aromatic carbocycles. The highest BCUT2D eigenvalue weighted by Gasteiger charge is 2.47. The molecule has 1 amide bonds. The molecule has 1 unspecified atom stereocenters. The number of amides is 1. The Morgan fingerprint density at radius 1 is 1.00 bits per heavy atom. The normalized spacial score (nSPS) is 16.7. The van der Waals surface area contributed by atoms with Crippen LogP contribution >= 0.6 is 11.6 Å².